The second-order valence-electron chi connectivity index (χ2n) is 2.02. The number of carbonyl (C=O) groups excluding carboxylic acids is 1. The molecule has 58 valence electrons. The number of hydrogen-bond acceptors (Lipinski definition) is 2. The van der Waals surface area contributed by atoms with Crippen LogP contribution in [-0.4, -0.2) is 6.29 Å². The van der Waals surface area contributed by atoms with E-state index in [0.717, 1.165) is 6.07 Å². The van der Waals surface area contributed by atoms with Crippen LogP contribution in [0.1, 0.15) is 10.4 Å². The summed E-state index contributed by atoms with van der Waals surface area (Å²) in [6, 6.07) is 2.55. The van der Waals surface area contributed by atoms with E-state index in [-0.39, 0.29) is 15.7 Å². The van der Waals surface area contributed by atoms with Crippen molar-refractivity contribution in [3.63, 3.8) is 0 Å². The number of anilines is 1. The molecule has 0 fully saturated rings. The number of carbonyl (C=O) groups is 1. The normalized spacial score (nSPS) is 9.64. The molecule has 0 amide bonds. The summed E-state index contributed by atoms with van der Waals surface area (Å²) in [6.07, 6.45) is 0.545. The first-order valence-electron chi connectivity index (χ1n) is 2.85. The zero-order valence-corrected chi connectivity index (χ0v) is 7.06. The molecule has 1 aromatic rings. The fourth-order valence-corrected chi connectivity index (χ4v) is 1.04. The Morgan fingerprint density at radius 2 is 2.18 bits per heavy atom. The van der Waals surface area contributed by atoms with Crippen LogP contribution in [0.5, 0.6) is 0 Å². The molecule has 0 aliphatic carbocycles. The highest BCUT2D eigenvalue weighted by Crippen LogP contribution is 2.21. The van der Waals surface area contributed by atoms with Crippen molar-refractivity contribution in [2.45, 2.75) is 0 Å². The molecule has 0 heterocycles. The number of nitrogen functional groups attached to an aromatic ring is 1. The van der Waals surface area contributed by atoms with E-state index in [0.29, 0.717) is 6.29 Å². The number of rotatable bonds is 1. The van der Waals surface area contributed by atoms with Crippen LogP contribution in [0.15, 0.2) is 16.6 Å². The quantitative estimate of drug-likeness (QED) is 0.578. The monoisotopic (exact) mass is 217 g/mol. The maximum atomic E-state index is 12.7. The van der Waals surface area contributed by atoms with Gasteiger partial charge in [0, 0.05) is 11.3 Å². The molecule has 0 aliphatic heterocycles. The maximum absolute atomic E-state index is 12.7. The lowest BCUT2D eigenvalue weighted by molar-refractivity contribution is 0.112. The van der Waals surface area contributed by atoms with E-state index in [1.54, 1.807) is 0 Å². The first-order valence-corrected chi connectivity index (χ1v) is 3.64. The van der Waals surface area contributed by atoms with Crippen LogP contribution in [0.2, 0.25) is 0 Å². The highest BCUT2D eigenvalue weighted by atomic mass is 79.9. The SMILES string of the molecule is Nc1cc(F)c(Br)c(C=O)c1. The maximum Gasteiger partial charge on any atom is 0.151 e. The van der Waals surface area contributed by atoms with E-state index in [1.807, 2.05) is 0 Å². The van der Waals surface area contributed by atoms with E-state index >= 15 is 0 Å². The molecule has 0 atom stereocenters. The summed E-state index contributed by atoms with van der Waals surface area (Å²) >= 11 is 2.91. The number of aldehydes is 1. The standard InChI is InChI=1S/C7H5BrFNO/c8-7-4(3-11)1-5(10)2-6(7)9/h1-3H,10H2. The zero-order chi connectivity index (χ0) is 8.43. The molecule has 0 saturated carbocycles. The van der Waals surface area contributed by atoms with Crippen molar-refractivity contribution in [1.29, 1.82) is 0 Å². The molecule has 0 unspecified atom stereocenters. The van der Waals surface area contributed by atoms with Crippen LogP contribution < -0.4 is 5.73 Å². The van der Waals surface area contributed by atoms with Gasteiger partial charge in [-0.05, 0) is 28.1 Å². The van der Waals surface area contributed by atoms with Gasteiger partial charge >= 0.3 is 0 Å². The number of halogens is 2. The molecular formula is C7H5BrFNO. The Bertz CT molecular complexity index is 301. The first-order chi connectivity index (χ1) is 5.15. The van der Waals surface area contributed by atoms with Gasteiger partial charge in [0.1, 0.15) is 5.82 Å². The van der Waals surface area contributed by atoms with Crippen LogP contribution >= 0.6 is 15.9 Å². The van der Waals surface area contributed by atoms with E-state index < -0.39 is 5.82 Å². The van der Waals surface area contributed by atoms with Crippen LogP contribution in [0, 0.1) is 5.82 Å². The molecule has 0 saturated heterocycles. The molecule has 1 rings (SSSR count). The predicted molar refractivity (Wildman–Crippen MR) is 43.9 cm³/mol. The highest BCUT2D eigenvalue weighted by molar-refractivity contribution is 9.10. The Morgan fingerprint density at radius 3 is 2.73 bits per heavy atom. The minimum Gasteiger partial charge on any atom is -0.399 e. The molecule has 0 radical (unpaired) electrons. The number of hydrogen-bond donors (Lipinski definition) is 1. The second-order valence-corrected chi connectivity index (χ2v) is 2.82. The van der Waals surface area contributed by atoms with Crippen molar-refractivity contribution in [2.24, 2.45) is 0 Å². The van der Waals surface area contributed by atoms with Gasteiger partial charge in [-0.15, -0.1) is 0 Å². The first kappa shape index (κ1) is 8.20. The summed E-state index contributed by atoms with van der Waals surface area (Å²) < 4.78 is 12.9. The smallest absolute Gasteiger partial charge is 0.151 e. The number of nitrogens with two attached hydrogens (primary N) is 1. The van der Waals surface area contributed by atoms with Gasteiger partial charge in [0.05, 0.1) is 4.47 Å². The molecular weight excluding hydrogens is 213 g/mol. The fraction of sp³-hybridized carbons (Fsp3) is 0. The van der Waals surface area contributed by atoms with Gasteiger partial charge in [0.2, 0.25) is 0 Å². The van der Waals surface area contributed by atoms with Gasteiger partial charge < -0.3 is 5.73 Å². The lowest BCUT2D eigenvalue weighted by Crippen LogP contribution is -1.92. The molecule has 0 bridgehead atoms. The summed E-state index contributed by atoms with van der Waals surface area (Å²) in [5.41, 5.74) is 5.75. The topological polar surface area (TPSA) is 43.1 Å². The van der Waals surface area contributed by atoms with Gasteiger partial charge in [-0.1, -0.05) is 0 Å². The third-order valence-electron chi connectivity index (χ3n) is 1.21. The van der Waals surface area contributed by atoms with Crippen molar-refractivity contribution in [3.05, 3.63) is 28.0 Å². The lowest BCUT2D eigenvalue weighted by atomic mass is 10.2. The van der Waals surface area contributed by atoms with Crippen molar-refractivity contribution in [2.75, 3.05) is 5.73 Å². The zero-order valence-electron chi connectivity index (χ0n) is 5.47. The van der Waals surface area contributed by atoms with E-state index in [2.05, 4.69) is 15.9 Å². The van der Waals surface area contributed by atoms with Crippen LogP contribution in [-0.2, 0) is 0 Å². The molecule has 0 aliphatic rings. The highest BCUT2D eigenvalue weighted by Gasteiger charge is 2.05. The van der Waals surface area contributed by atoms with E-state index in [1.165, 1.54) is 6.07 Å². The predicted octanol–water partition coefficient (Wildman–Crippen LogP) is 1.98. The third-order valence-corrected chi connectivity index (χ3v) is 2.04. The van der Waals surface area contributed by atoms with Crippen LogP contribution in [0.4, 0.5) is 10.1 Å². The number of benzene rings is 1. The van der Waals surface area contributed by atoms with Crippen molar-refractivity contribution < 1.29 is 9.18 Å². The van der Waals surface area contributed by atoms with Crippen LogP contribution in [0.25, 0.3) is 0 Å². The molecule has 2 N–H and O–H groups in total. The molecule has 2 nitrogen and oxygen atoms in total. The van der Waals surface area contributed by atoms with Gasteiger partial charge in [0.25, 0.3) is 0 Å². The Balaban J connectivity index is 3.35. The van der Waals surface area contributed by atoms with E-state index in [4.69, 9.17) is 5.73 Å². The molecule has 4 heteroatoms. The summed E-state index contributed by atoms with van der Waals surface area (Å²) in [5, 5.41) is 0. The Morgan fingerprint density at radius 1 is 1.55 bits per heavy atom. The average Bonchev–Trinajstić information content (AvgIpc) is 1.96. The van der Waals surface area contributed by atoms with Crippen molar-refractivity contribution in [3.8, 4) is 0 Å². The van der Waals surface area contributed by atoms with Gasteiger partial charge in [-0.25, -0.2) is 4.39 Å². The third kappa shape index (κ3) is 1.57. The lowest BCUT2D eigenvalue weighted by Gasteiger charge is -1.99. The molecule has 0 aromatic heterocycles. The summed E-state index contributed by atoms with van der Waals surface area (Å²) in [6.45, 7) is 0. The van der Waals surface area contributed by atoms with Gasteiger partial charge in [-0.2, -0.15) is 0 Å². The van der Waals surface area contributed by atoms with Crippen molar-refractivity contribution in [1.82, 2.24) is 0 Å². The average molecular weight is 218 g/mol. The van der Waals surface area contributed by atoms with Crippen molar-refractivity contribution >= 4 is 27.9 Å². The van der Waals surface area contributed by atoms with Gasteiger partial charge in [-0.3, -0.25) is 4.79 Å². The van der Waals surface area contributed by atoms with Crippen LogP contribution in [0.3, 0.4) is 0 Å². The summed E-state index contributed by atoms with van der Waals surface area (Å²) in [5.74, 6) is -0.521. The second kappa shape index (κ2) is 3.00. The molecule has 1 aromatic carbocycles. The summed E-state index contributed by atoms with van der Waals surface area (Å²) in [4.78, 5) is 10.3. The fourth-order valence-electron chi connectivity index (χ4n) is 0.718. The molecule has 0 spiro atoms. The largest absolute Gasteiger partial charge is 0.399 e. The summed E-state index contributed by atoms with van der Waals surface area (Å²) in [7, 11) is 0. The Kier molecular flexibility index (Phi) is 2.24. The van der Waals surface area contributed by atoms with E-state index in [9.17, 15) is 9.18 Å². The Hall–Kier alpha value is -0.900. The molecule has 11 heavy (non-hydrogen) atoms. The minimum absolute atomic E-state index is 0.154. The van der Waals surface area contributed by atoms with Gasteiger partial charge in [0.15, 0.2) is 6.29 Å². The Labute approximate surface area is 71.3 Å². The minimum atomic E-state index is -0.521.